The number of methoxy groups -OCH3 is 1. The Morgan fingerprint density at radius 2 is 1.72 bits per heavy atom. The maximum absolute atomic E-state index is 12.7. The molecule has 0 aliphatic rings. The van der Waals surface area contributed by atoms with Crippen LogP contribution in [0.25, 0.3) is 0 Å². The minimum Gasteiger partial charge on any atom is -0.508 e. The van der Waals surface area contributed by atoms with Crippen LogP contribution in [0.1, 0.15) is 12.5 Å². The number of carbonyl (C=O) groups excluding carboxylic acids is 2. The molecule has 0 spiro atoms. The van der Waals surface area contributed by atoms with Gasteiger partial charge in [0, 0.05) is 6.54 Å². The van der Waals surface area contributed by atoms with Crippen LogP contribution in [0.3, 0.4) is 0 Å². The molecule has 6 nitrogen and oxygen atoms in total. The van der Waals surface area contributed by atoms with Gasteiger partial charge in [-0.2, -0.15) is 0 Å². The molecule has 1 unspecified atom stereocenters. The Bertz CT molecular complexity index is 700. The Morgan fingerprint density at radius 3 is 2.32 bits per heavy atom. The number of phenolic OH excluding ortho intramolecular Hbond substituents is 1. The number of rotatable bonds is 7. The molecule has 2 aromatic carbocycles. The SMILES string of the molecule is COC(=O)CN(Cc1ccccc1)C(=O)C(C)Oc1ccc(O)cc1. The quantitative estimate of drug-likeness (QED) is 0.781. The first kappa shape index (κ1) is 18.3. The van der Waals surface area contributed by atoms with Gasteiger partial charge in [0.15, 0.2) is 6.10 Å². The smallest absolute Gasteiger partial charge is 0.325 e. The Morgan fingerprint density at radius 1 is 1.08 bits per heavy atom. The highest BCUT2D eigenvalue weighted by Crippen LogP contribution is 2.18. The van der Waals surface area contributed by atoms with Crippen LogP contribution in [-0.2, 0) is 20.9 Å². The van der Waals surface area contributed by atoms with Crippen molar-refractivity contribution in [3.05, 3.63) is 60.2 Å². The summed E-state index contributed by atoms with van der Waals surface area (Å²) in [5.74, 6) is -0.262. The second-order valence-electron chi connectivity index (χ2n) is 5.51. The van der Waals surface area contributed by atoms with E-state index >= 15 is 0 Å². The number of hydrogen-bond donors (Lipinski definition) is 1. The lowest BCUT2D eigenvalue weighted by molar-refractivity contribution is -0.150. The van der Waals surface area contributed by atoms with E-state index in [0.717, 1.165) is 5.56 Å². The van der Waals surface area contributed by atoms with Crippen molar-refractivity contribution in [3.63, 3.8) is 0 Å². The number of aromatic hydroxyl groups is 1. The van der Waals surface area contributed by atoms with E-state index < -0.39 is 12.1 Å². The Kier molecular flexibility index (Phi) is 6.39. The highest BCUT2D eigenvalue weighted by Gasteiger charge is 2.24. The number of carbonyl (C=O) groups is 2. The summed E-state index contributed by atoms with van der Waals surface area (Å²) in [6.45, 7) is 1.73. The molecule has 0 heterocycles. The van der Waals surface area contributed by atoms with Crippen molar-refractivity contribution in [2.24, 2.45) is 0 Å². The molecule has 6 heteroatoms. The molecule has 0 saturated carbocycles. The minimum atomic E-state index is -0.794. The fraction of sp³-hybridized carbons (Fsp3) is 0.263. The number of phenols is 1. The lowest BCUT2D eigenvalue weighted by atomic mass is 10.2. The molecular formula is C19H21NO5. The monoisotopic (exact) mass is 343 g/mol. The fourth-order valence-corrected chi connectivity index (χ4v) is 2.27. The van der Waals surface area contributed by atoms with Gasteiger partial charge in [0.05, 0.1) is 7.11 Å². The van der Waals surface area contributed by atoms with Crippen molar-refractivity contribution >= 4 is 11.9 Å². The third-order valence-corrected chi connectivity index (χ3v) is 3.57. The molecule has 0 aliphatic carbocycles. The largest absolute Gasteiger partial charge is 0.508 e. The van der Waals surface area contributed by atoms with Gasteiger partial charge < -0.3 is 19.5 Å². The van der Waals surface area contributed by atoms with Gasteiger partial charge >= 0.3 is 5.97 Å². The topological polar surface area (TPSA) is 76.1 Å². The Balaban J connectivity index is 2.09. The van der Waals surface area contributed by atoms with Crippen LogP contribution in [0.5, 0.6) is 11.5 Å². The number of hydrogen-bond acceptors (Lipinski definition) is 5. The summed E-state index contributed by atoms with van der Waals surface area (Å²) in [6.07, 6.45) is -0.794. The standard InChI is InChI=1S/C19H21NO5/c1-14(25-17-10-8-16(21)9-11-17)19(23)20(13-18(22)24-2)12-15-6-4-3-5-7-15/h3-11,14,21H,12-13H2,1-2H3. The van der Waals surface area contributed by atoms with Crippen LogP contribution < -0.4 is 4.74 Å². The van der Waals surface area contributed by atoms with Gasteiger partial charge in [-0.25, -0.2) is 0 Å². The van der Waals surface area contributed by atoms with Crippen LogP contribution in [-0.4, -0.2) is 41.6 Å². The number of ether oxygens (including phenoxy) is 2. The average Bonchev–Trinajstić information content (AvgIpc) is 2.63. The third kappa shape index (κ3) is 5.53. The normalized spacial score (nSPS) is 11.4. The van der Waals surface area contributed by atoms with Gasteiger partial charge in [0.1, 0.15) is 18.0 Å². The first-order valence-electron chi connectivity index (χ1n) is 7.85. The zero-order chi connectivity index (χ0) is 18.2. The minimum absolute atomic E-state index is 0.114. The fourth-order valence-electron chi connectivity index (χ4n) is 2.27. The van der Waals surface area contributed by atoms with E-state index in [9.17, 15) is 14.7 Å². The van der Waals surface area contributed by atoms with E-state index in [1.54, 1.807) is 19.1 Å². The van der Waals surface area contributed by atoms with Crippen LogP contribution in [0.15, 0.2) is 54.6 Å². The predicted octanol–water partition coefficient (Wildman–Crippen LogP) is 2.36. The van der Waals surface area contributed by atoms with Crippen LogP contribution in [0, 0.1) is 0 Å². The van der Waals surface area contributed by atoms with E-state index in [1.165, 1.54) is 24.1 Å². The molecule has 2 aromatic rings. The number of amides is 1. The summed E-state index contributed by atoms with van der Waals surface area (Å²) in [7, 11) is 1.28. The second-order valence-corrected chi connectivity index (χ2v) is 5.51. The van der Waals surface area contributed by atoms with Crippen molar-refractivity contribution in [3.8, 4) is 11.5 Å². The van der Waals surface area contributed by atoms with E-state index in [1.807, 2.05) is 30.3 Å². The van der Waals surface area contributed by atoms with Crippen molar-refractivity contribution in [1.82, 2.24) is 4.90 Å². The first-order chi connectivity index (χ1) is 12.0. The number of esters is 1. The van der Waals surface area contributed by atoms with Gasteiger partial charge in [-0.05, 0) is 36.8 Å². The maximum Gasteiger partial charge on any atom is 0.325 e. The van der Waals surface area contributed by atoms with Crippen LogP contribution >= 0.6 is 0 Å². The van der Waals surface area contributed by atoms with E-state index in [-0.39, 0.29) is 24.7 Å². The van der Waals surface area contributed by atoms with Crippen molar-refractivity contribution < 1.29 is 24.2 Å². The van der Waals surface area contributed by atoms with Gasteiger partial charge in [-0.3, -0.25) is 9.59 Å². The van der Waals surface area contributed by atoms with Gasteiger partial charge in [0.25, 0.3) is 5.91 Å². The Labute approximate surface area is 146 Å². The van der Waals surface area contributed by atoms with Crippen LogP contribution in [0.4, 0.5) is 0 Å². The summed E-state index contributed by atoms with van der Waals surface area (Å²) in [6, 6.07) is 15.5. The third-order valence-electron chi connectivity index (χ3n) is 3.57. The molecule has 132 valence electrons. The molecule has 0 fully saturated rings. The van der Waals surface area contributed by atoms with E-state index in [4.69, 9.17) is 4.74 Å². The van der Waals surface area contributed by atoms with Crippen LogP contribution in [0.2, 0.25) is 0 Å². The average molecular weight is 343 g/mol. The lowest BCUT2D eigenvalue weighted by Gasteiger charge is -2.25. The molecule has 2 rings (SSSR count). The van der Waals surface area contributed by atoms with Gasteiger partial charge in [0.2, 0.25) is 0 Å². The molecule has 1 atom stereocenters. The van der Waals surface area contributed by atoms with Crippen molar-refractivity contribution in [1.29, 1.82) is 0 Å². The summed E-state index contributed by atoms with van der Waals surface area (Å²) in [5.41, 5.74) is 0.900. The zero-order valence-corrected chi connectivity index (χ0v) is 14.2. The zero-order valence-electron chi connectivity index (χ0n) is 14.2. The van der Waals surface area contributed by atoms with Crippen molar-refractivity contribution in [2.75, 3.05) is 13.7 Å². The van der Waals surface area contributed by atoms with Gasteiger partial charge in [-0.15, -0.1) is 0 Å². The second kappa shape index (κ2) is 8.73. The first-order valence-corrected chi connectivity index (χ1v) is 7.85. The molecule has 0 saturated heterocycles. The highest BCUT2D eigenvalue weighted by atomic mass is 16.5. The summed E-state index contributed by atoms with van der Waals surface area (Å²) >= 11 is 0. The molecule has 0 radical (unpaired) electrons. The highest BCUT2D eigenvalue weighted by molar-refractivity contribution is 5.85. The lowest BCUT2D eigenvalue weighted by Crippen LogP contribution is -2.43. The van der Waals surface area contributed by atoms with E-state index in [2.05, 4.69) is 4.74 Å². The molecule has 25 heavy (non-hydrogen) atoms. The summed E-state index contributed by atoms with van der Waals surface area (Å²) in [5, 5.41) is 9.30. The molecule has 1 N–H and O–H groups in total. The molecular weight excluding hydrogens is 322 g/mol. The molecule has 1 amide bonds. The Hall–Kier alpha value is -3.02. The molecule has 0 bridgehead atoms. The summed E-state index contributed by atoms with van der Waals surface area (Å²) in [4.78, 5) is 25.8. The predicted molar refractivity (Wildman–Crippen MR) is 92.1 cm³/mol. The van der Waals surface area contributed by atoms with Gasteiger partial charge in [-0.1, -0.05) is 30.3 Å². The molecule has 0 aliphatic heterocycles. The number of benzene rings is 2. The summed E-state index contributed by atoms with van der Waals surface area (Å²) < 4.78 is 10.3. The number of nitrogens with zero attached hydrogens (tertiary/aromatic N) is 1. The maximum atomic E-state index is 12.7. The van der Waals surface area contributed by atoms with E-state index in [0.29, 0.717) is 5.75 Å². The van der Waals surface area contributed by atoms with Crippen molar-refractivity contribution in [2.45, 2.75) is 19.6 Å². The molecule has 0 aromatic heterocycles.